The van der Waals surface area contributed by atoms with Crippen molar-refractivity contribution in [3.8, 4) is 6.07 Å². The van der Waals surface area contributed by atoms with Crippen molar-refractivity contribution < 1.29 is 14.7 Å². The number of amides is 1. The quantitative estimate of drug-likeness (QED) is 0.526. The highest BCUT2D eigenvalue weighted by Gasteiger charge is 2.07. The average Bonchev–Trinajstić information content (AvgIpc) is 2.39. The lowest BCUT2D eigenvalue weighted by atomic mass is 10.2. The third kappa shape index (κ3) is 3.31. The molecular weight excluding hydrogens is 236 g/mol. The van der Waals surface area contributed by atoms with Gasteiger partial charge in [-0.3, -0.25) is 10.2 Å². The van der Waals surface area contributed by atoms with Crippen molar-refractivity contribution in [3.63, 3.8) is 0 Å². The zero-order valence-corrected chi connectivity index (χ0v) is 9.47. The highest BCUT2D eigenvalue weighted by atomic mass is 16.4. The topological polar surface area (TPSA) is 115 Å². The Kier molecular flexibility index (Phi) is 4.40. The molecule has 92 valence electrons. The monoisotopic (exact) mass is 246 g/mol. The van der Waals surface area contributed by atoms with E-state index in [9.17, 15) is 9.59 Å². The van der Waals surface area contributed by atoms with Crippen LogP contribution in [0.25, 0.3) is 0 Å². The van der Waals surface area contributed by atoms with E-state index in [0.717, 1.165) is 0 Å². The van der Waals surface area contributed by atoms with Crippen LogP contribution in [0.3, 0.4) is 0 Å². The van der Waals surface area contributed by atoms with Crippen molar-refractivity contribution in [2.24, 2.45) is 5.10 Å². The Morgan fingerprint density at radius 2 is 1.94 bits per heavy atom. The number of nitriles is 1. The average molecular weight is 246 g/mol. The lowest BCUT2D eigenvalue weighted by Crippen LogP contribution is -2.27. The third-order valence-corrected chi connectivity index (χ3v) is 1.98. The Morgan fingerprint density at radius 1 is 1.33 bits per heavy atom. The molecule has 18 heavy (non-hydrogen) atoms. The van der Waals surface area contributed by atoms with Crippen LogP contribution in [0.2, 0.25) is 0 Å². The van der Waals surface area contributed by atoms with Crippen LogP contribution in [-0.2, 0) is 4.79 Å². The Bertz CT molecular complexity index is 528. The normalized spacial score (nSPS) is 10.3. The minimum absolute atomic E-state index is 0.135. The van der Waals surface area contributed by atoms with Crippen LogP contribution in [0.1, 0.15) is 10.4 Å². The fraction of sp³-hybridized carbons (Fsp3) is 0.0909. The number of hydrazone groups is 1. The van der Waals surface area contributed by atoms with Gasteiger partial charge in [0, 0.05) is 7.05 Å². The van der Waals surface area contributed by atoms with Crippen molar-refractivity contribution in [1.29, 1.82) is 5.26 Å². The molecule has 1 aromatic carbocycles. The Hall–Kier alpha value is -2.88. The molecule has 0 aliphatic carbocycles. The first kappa shape index (κ1) is 13.2. The Labute approximate surface area is 103 Å². The molecule has 0 unspecified atom stereocenters. The standard InChI is InChI=1S/C11H10N4O3/c1-13-10(16)9(6-12)15-14-8-4-2-7(3-5-8)11(17)18/h2-5,14H,1H3,(H,13,16)(H,17,18). The number of hydrogen-bond donors (Lipinski definition) is 3. The number of carbonyl (C=O) groups excluding carboxylic acids is 1. The van der Waals surface area contributed by atoms with Gasteiger partial charge in [0.25, 0.3) is 5.91 Å². The first-order valence-electron chi connectivity index (χ1n) is 4.87. The number of benzene rings is 1. The van der Waals surface area contributed by atoms with Crippen LogP contribution in [0, 0.1) is 11.3 Å². The van der Waals surface area contributed by atoms with E-state index in [1.165, 1.54) is 31.3 Å². The van der Waals surface area contributed by atoms with E-state index in [0.29, 0.717) is 5.69 Å². The molecule has 0 fully saturated rings. The number of aromatic carboxylic acids is 1. The second kappa shape index (κ2) is 6.00. The van der Waals surface area contributed by atoms with Crippen molar-refractivity contribution in [1.82, 2.24) is 5.32 Å². The SMILES string of the molecule is CNC(=O)C(C#N)=NNc1ccc(C(=O)O)cc1. The van der Waals surface area contributed by atoms with Gasteiger partial charge < -0.3 is 10.4 Å². The number of nitrogens with one attached hydrogen (secondary N) is 2. The van der Waals surface area contributed by atoms with Gasteiger partial charge in [-0.05, 0) is 24.3 Å². The number of carbonyl (C=O) groups is 2. The summed E-state index contributed by atoms with van der Waals surface area (Å²) in [5.41, 5.74) is 2.77. The van der Waals surface area contributed by atoms with E-state index in [-0.39, 0.29) is 11.3 Å². The molecule has 0 bridgehead atoms. The second-order valence-electron chi connectivity index (χ2n) is 3.15. The molecule has 1 aromatic rings. The highest BCUT2D eigenvalue weighted by Crippen LogP contribution is 2.09. The number of hydrogen-bond acceptors (Lipinski definition) is 5. The fourth-order valence-electron chi connectivity index (χ4n) is 1.05. The third-order valence-electron chi connectivity index (χ3n) is 1.98. The summed E-state index contributed by atoms with van der Waals surface area (Å²) in [4.78, 5) is 21.7. The minimum Gasteiger partial charge on any atom is -0.478 e. The van der Waals surface area contributed by atoms with Crippen LogP contribution in [0.5, 0.6) is 0 Å². The van der Waals surface area contributed by atoms with Gasteiger partial charge >= 0.3 is 5.97 Å². The highest BCUT2D eigenvalue weighted by molar-refractivity contribution is 6.45. The maximum absolute atomic E-state index is 11.1. The maximum atomic E-state index is 11.1. The van der Waals surface area contributed by atoms with Gasteiger partial charge in [-0.25, -0.2) is 4.79 Å². The summed E-state index contributed by atoms with van der Waals surface area (Å²) in [5, 5.41) is 23.2. The van der Waals surface area contributed by atoms with Gasteiger partial charge in [-0.15, -0.1) is 0 Å². The van der Waals surface area contributed by atoms with Crippen LogP contribution in [0.4, 0.5) is 5.69 Å². The van der Waals surface area contributed by atoms with Crippen LogP contribution >= 0.6 is 0 Å². The summed E-state index contributed by atoms with van der Waals surface area (Å²) >= 11 is 0. The van der Waals surface area contributed by atoms with E-state index < -0.39 is 11.9 Å². The van der Waals surface area contributed by atoms with E-state index in [1.54, 1.807) is 6.07 Å². The first-order valence-corrected chi connectivity index (χ1v) is 4.87. The summed E-state index contributed by atoms with van der Waals surface area (Å²) in [7, 11) is 1.39. The predicted octanol–water partition coefficient (Wildman–Crippen LogP) is 0.422. The van der Waals surface area contributed by atoms with Crippen molar-refractivity contribution in [2.75, 3.05) is 12.5 Å². The Morgan fingerprint density at radius 3 is 2.39 bits per heavy atom. The van der Waals surface area contributed by atoms with Gasteiger partial charge in [0.15, 0.2) is 0 Å². The van der Waals surface area contributed by atoms with E-state index in [4.69, 9.17) is 10.4 Å². The largest absolute Gasteiger partial charge is 0.478 e. The molecule has 0 radical (unpaired) electrons. The first-order chi connectivity index (χ1) is 8.58. The molecule has 0 aliphatic heterocycles. The van der Waals surface area contributed by atoms with E-state index >= 15 is 0 Å². The molecule has 1 rings (SSSR count). The lowest BCUT2D eigenvalue weighted by molar-refractivity contribution is -0.114. The molecule has 7 nitrogen and oxygen atoms in total. The number of carboxylic acids is 1. The number of carboxylic acid groups (broad SMARTS) is 1. The minimum atomic E-state index is -1.03. The Balaban J connectivity index is 2.80. The van der Waals surface area contributed by atoms with Crippen molar-refractivity contribution in [3.05, 3.63) is 29.8 Å². The molecule has 0 atom stereocenters. The van der Waals surface area contributed by atoms with Crippen molar-refractivity contribution >= 4 is 23.3 Å². The summed E-state index contributed by atoms with van der Waals surface area (Å²) in [5.74, 6) is -1.64. The molecule has 0 saturated carbocycles. The zero-order valence-electron chi connectivity index (χ0n) is 9.47. The van der Waals surface area contributed by atoms with Gasteiger partial charge in [0.05, 0.1) is 11.3 Å². The van der Waals surface area contributed by atoms with Crippen LogP contribution in [-0.4, -0.2) is 29.7 Å². The predicted molar refractivity (Wildman–Crippen MR) is 64.1 cm³/mol. The number of rotatable bonds is 4. The summed E-state index contributed by atoms with van der Waals surface area (Å²) in [6.45, 7) is 0. The molecule has 0 saturated heterocycles. The number of anilines is 1. The molecule has 3 N–H and O–H groups in total. The lowest BCUT2D eigenvalue weighted by Gasteiger charge is -2.01. The summed E-state index contributed by atoms with van der Waals surface area (Å²) in [6.07, 6.45) is 0. The van der Waals surface area contributed by atoms with Gasteiger partial charge in [-0.1, -0.05) is 0 Å². The fourth-order valence-corrected chi connectivity index (χ4v) is 1.05. The van der Waals surface area contributed by atoms with E-state index in [1.807, 2.05) is 0 Å². The zero-order chi connectivity index (χ0) is 13.5. The number of nitrogens with zero attached hydrogens (tertiary/aromatic N) is 2. The van der Waals surface area contributed by atoms with Crippen LogP contribution in [0.15, 0.2) is 29.4 Å². The molecule has 0 spiro atoms. The van der Waals surface area contributed by atoms with Gasteiger partial charge in [0.1, 0.15) is 6.07 Å². The van der Waals surface area contributed by atoms with Crippen molar-refractivity contribution in [2.45, 2.75) is 0 Å². The summed E-state index contributed by atoms with van der Waals surface area (Å²) < 4.78 is 0. The summed E-state index contributed by atoms with van der Waals surface area (Å²) in [6, 6.07) is 7.35. The smallest absolute Gasteiger partial charge is 0.335 e. The van der Waals surface area contributed by atoms with E-state index in [2.05, 4.69) is 15.8 Å². The molecule has 0 aliphatic rings. The molecule has 7 heteroatoms. The molecule has 0 aromatic heterocycles. The van der Waals surface area contributed by atoms with Crippen LogP contribution < -0.4 is 10.7 Å². The van der Waals surface area contributed by atoms with Gasteiger partial charge in [0.2, 0.25) is 5.71 Å². The van der Waals surface area contributed by atoms with Gasteiger partial charge in [-0.2, -0.15) is 10.4 Å². The molecule has 0 heterocycles. The molecular formula is C11H10N4O3. The molecule has 1 amide bonds. The maximum Gasteiger partial charge on any atom is 0.335 e. The second-order valence-corrected chi connectivity index (χ2v) is 3.15.